The average Bonchev–Trinajstić information content (AvgIpc) is 3.28. The van der Waals surface area contributed by atoms with Crippen molar-refractivity contribution < 1.29 is 14.0 Å². The molecule has 3 rings (SSSR count). The zero-order chi connectivity index (χ0) is 26.7. The molecule has 3 aromatic rings. The first-order valence-corrected chi connectivity index (χ1v) is 11.9. The van der Waals surface area contributed by atoms with Crippen LogP contribution in [0.2, 0.25) is 0 Å². The van der Waals surface area contributed by atoms with Crippen molar-refractivity contribution in [2.45, 2.75) is 47.6 Å². The molecule has 7 nitrogen and oxygen atoms in total. The summed E-state index contributed by atoms with van der Waals surface area (Å²) < 4.78 is 14.9. The van der Waals surface area contributed by atoms with Gasteiger partial charge in [0.2, 0.25) is 5.91 Å². The van der Waals surface area contributed by atoms with Crippen molar-refractivity contribution in [2.24, 2.45) is 5.92 Å². The number of aromatic nitrogens is 3. The predicted octanol–water partition coefficient (Wildman–Crippen LogP) is 5.78. The Bertz CT molecular complexity index is 1200. The molecule has 0 aliphatic carbocycles. The van der Waals surface area contributed by atoms with Crippen LogP contribution in [0.5, 0.6) is 0 Å². The van der Waals surface area contributed by atoms with E-state index in [2.05, 4.69) is 41.1 Å². The fourth-order valence-electron chi connectivity index (χ4n) is 3.11. The van der Waals surface area contributed by atoms with Gasteiger partial charge >= 0.3 is 0 Å². The number of nitrogens with one attached hydrogen (secondary N) is 2. The molecular weight excluding hydrogens is 457 g/mol. The van der Waals surface area contributed by atoms with Crippen LogP contribution in [0, 0.1) is 11.7 Å². The minimum Gasteiger partial charge on any atom is -0.348 e. The lowest BCUT2D eigenvalue weighted by Crippen LogP contribution is -2.24. The summed E-state index contributed by atoms with van der Waals surface area (Å²) in [5.41, 5.74) is 3.11. The van der Waals surface area contributed by atoms with Crippen molar-refractivity contribution in [3.8, 4) is 5.69 Å². The maximum Gasteiger partial charge on any atom is 0.251 e. The summed E-state index contributed by atoms with van der Waals surface area (Å²) in [4.78, 5) is 28.9. The molecule has 36 heavy (non-hydrogen) atoms. The molecule has 0 bridgehead atoms. The minimum atomic E-state index is -0.343. The topological polar surface area (TPSA) is 88.9 Å². The Hall–Kier alpha value is -4.07. The number of carbonyl (C=O) groups is 2. The number of carbonyl (C=O) groups excluding carboxylic acids is 2. The Labute approximate surface area is 212 Å². The average molecular weight is 492 g/mol. The molecule has 0 unspecified atom stereocenters. The Morgan fingerprint density at radius 1 is 1.11 bits per heavy atom. The van der Waals surface area contributed by atoms with Crippen molar-refractivity contribution in [1.82, 2.24) is 20.1 Å². The maximum atomic E-state index is 13.3. The fourth-order valence-corrected chi connectivity index (χ4v) is 3.11. The van der Waals surface area contributed by atoms with Gasteiger partial charge in [-0.05, 0) is 48.9 Å². The summed E-state index contributed by atoms with van der Waals surface area (Å²) >= 11 is 0. The van der Waals surface area contributed by atoms with Gasteiger partial charge in [0.05, 0.1) is 17.6 Å². The van der Waals surface area contributed by atoms with Gasteiger partial charge in [0.15, 0.2) is 0 Å². The third kappa shape index (κ3) is 7.46. The van der Waals surface area contributed by atoms with Gasteiger partial charge in [-0.3, -0.25) is 9.59 Å². The van der Waals surface area contributed by atoms with Crippen molar-refractivity contribution >= 4 is 29.3 Å². The van der Waals surface area contributed by atoms with Gasteiger partial charge in [-0.2, -0.15) is 5.10 Å². The molecule has 0 saturated heterocycles. The summed E-state index contributed by atoms with van der Waals surface area (Å²) in [6.45, 7) is 13.7. The lowest BCUT2D eigenvalue weighted by Gasteiger charge is -2.11. The molecule has 0 spiro atoms. The highest BCUT2D eigenvalue weighted by Gasteiger charge is 2.18. The van der Waals surface area contributed by atoms with Gasteiger partial charge in [-0.25, -0.2) is 14.1 Å². The van der Waals surface area contributed by atoms with Gasteiger partial charge < -0.3 is 10.6 Å². The monoisotopic (exact) mass is 491 g/mol. The molecule has 0 aliphatic heterocycles. The maximum absolute atomic E-state index is 13.3. The Morgan fingerprint density at radius 2 is 1.78 bits per heavy atom. The Morgan fingerprint density at radius 3 is 2.31 bits per heavy atom. The van der Waals surface area contributed by atoms with Crippen LogP contribution in [0.4, 0.5) is 10.2 Å². The third-order valence-corrected chi connectivity index (χ3v) is 4.95. The highest BCUT2D eigenvalue weighted by atomic mass is 19.1. The normalized spacial score (nSPS) is 10.9. The molecule has 0 radical (unpaired) electrons. The standard InChI is InChI=1S/C25H26FN5O2.C3H8/c1-5-20(21-15-29-31(22(21)6-2)19-10-8-18(26)9-11-19)25(33)28-14-17-7-12-23(27-13-17)30-24(32)16(3)4;1-3-2/h5-13,15-16H,2,14H2,1,3-4H3,(H,28,33)(H,27,30,32);3H2,1-2H3/b20-5+;. The van der Waals surface area contributed by atoms with Crippen LogP contribution in [-0.2, 0) is 16.1 Å². The molecule has 8 heteroatoms. The zero-order valence-electron chi connectivity index (χ0n) is 21.5. The van der Waals surface area contributed by atoms with E-state index >= 15 is 0 Å². The largest absolute Gasteiger partial charge is 0.348 e. The highest BCUT2D eigenvalue weighted by molar-refractivity contribution is 6.20. The van der Waals surface area contributed by atoms with E-state index in [4.69, 9.17) is 0 Å². The van der Waals surface area contributed by atoms with Gasteiger partial charge in [-0.15, -0.1) is 0 Å². The van der Waals surface area contributed by atoms with Gasteiger partial charge in [0, 0.05) is 29.8 Å². The summed E-state index contributed by atoms with van der Waals surface area (Å²) in [7, 11) is 0. The smallest absolute Gasteiger partial charge is 0.251 e. The summed E-state index contributed by atoms with van der Waals surface area (Å²) in [5, 5.41) is 9.97. The van der Waals surface area contributed by atoms with E-state index in [1.807, 2.05) is 0 Å². The van der Waals surface area contributed by atoms with Crippen LogP contribution in [0.3, 0.4) is 0 Å². The number of rotatable bonds is 8. The number of halogens is 1. The number of amides is 2. The number of hydrogen-bond donors (Lipinski definition) is 2. The summed E-state index contributed by atoms with van der Waals surface area (Å²) in [6.07, 6.45) is 7.75. The van der Waals surface area contributed by atoms with Crippen LogP contribution in [-0.4, -0.2) is 26.6 Å². The molecule has 1 aromatic carbocycles. The molecule has 0 aliphatic rings. The van der Waals surface area contributed by atoms with Crippen molar-refractivity contribution in [3.63, 3.8) is 0 Å². The number of nitrogens with zero attached hydrogens (tertiary/aromatic N) is 3. The SMILES string of the molecule is C=Cc1c(/C(=C\C)C(=O)NCc2ccc(NC(=O)C(C)C)nc2)cnn1-c1ccc(F)cc1.CCC. The van der Waals surface area contributed by atoms with E-state index in [1.54, 1.807) is 74.3 Å². The first-order chi connectivity index (χ1) is 17.2. The first-order valence-electron chi connectivity index (χ1n) is 11.9. The van der Waals surface area contributed by atoms with Crippen LogP contribution in [0.1, 0.15) is 57.9 Å². The molecule has 2 amide bonds. The number of benzene rings is 1. The van der Waals surface area contributed by atoms with Crippen LogP contribution in [0.25, 0.3) is 17.3 Å². The number of allylic oxidation sites excluding steroid dienone is 1. The quantitative estimate of drug-likeness (QED) is 0.391. The lowest BCUT2D eigenvalue weighted by molar-refractivity contribution is -0.119. The Balaban J connectivity index is 0.00000145. The third-order valence-electron chi connectivity index (χ3n) is 4.95. The van der Waals surface area contributed by atoms with E-state index in [9.17, 15) is 14.0 Å². The van der Waals surface area contributed by atoms with Crippen LogP contribution in [0.15, 0.2) is 61.4 Å². The van der Waals surface area contributed by atoms with Crippen molar-refractivity contribution in [2.75, 3.05) is 5.32 Å². The lowest BCUT2D eigenvalue weighted by atomic mass is 10.1. The van der Waals surface area contributed by atoms with E-state index in [0.717, 1.165) is 5.56 Å². The molecule has 190 valence electrons. The van der Waals surface area contributed by atoms with Gasteiger partial charge in [0.1, 0.15) is 11.6 Å². The van der Waals surface area contributed by atoms with Crippen LogP contribution < -0.4 is 10.6 Å². The first kappa shape index (κ1) is 28.2. The molecule has 0 saturated carbocycles. The van der Waals surface area contributed by atoms with Crippen LogP contribution >= 0.6 is 0 Å². The van der Waals surface area contributed by atoms with Crippen molar-refractivity contribution in [3.05, 3.63) is 84.1 Å². The summed E-state index contributed by atoms with van der Waals surface area (Å²) in [6, 6.07) is 9.39. The number of pyridine rings is 1. The molecule has 2 heterocycles. The fraction of sp³-hybridized carbons (Fsp3) is 0.286. The molecule has 2 aromatic heterocycles. The second-order valence-electron chi connectivity index (χ2n) is 8.32. The van der Waals surface area contributed by atoms with Crippen molar-refractivity contribution in [1.29, 1.82) is 0 Å². The highest BCUT2D eigenvalue weighted by Crippen LogP contribution is 2.24. The van der Waals surface area contributed by atoms with Gasteiger partial charge in [0.25, 0.3) is 5.91 Å². The summed E-state index contributed by atoms with van der Waals surface area (Å²) in [5.74, 6) is -0.416. The van der Waals surface area contributed by atoms with Gasteiger partial charge in [-0.1, -0.05) is 52.8 Å². The zero-order valence-corrected chi connectivity index (χ0v) is 21.5. The predicted molar refractivity (Wildman–Crippen MR) is 143 cm³/mol. The van der Waals surface area contributed by atoms with E-state index in [0.29, 0.717) is 28.3 Å². The molecular formula is C28H34FN5O2. The second-order valence-corrected chi connectivity index (χ2v) is 8.32. The minimum absolute atomic E-state index is 0.111. The second kappa shape index (κ2) is 13.7. The molecule has 2 N–H and O–H groups in total. The Kier molecular flexibility index (Phi) is 10.7. The van der Waals surface area contributed by atoms with E-state index in [1.165, 1.54) is 18.6 Å². The van der Waals surface area contributed by atoms with E-state index < -0.39 is 0 Å². The number of hydrogen-bond acceptors (Lipinski definition) is 4. The molecule has 0 fully saturated rings. The van der Waals surface area contributed by atoms with E-state index in [-0.39, 0.29) is 30.1 Å². The molecule has 0 atom stereocenters. The number of anilines is 1.